The van der Waals surface area contributed by atoms with E-state index in [0.717, 1.165) is 37.7 Å². The molecule has 2 aliphatic carbocycles. The lowest BCUT2D eigenvalue weighted by Gasteiger charge is -2.31. The van der Waals surface area contributed by atoms with E-state index in [2.05, 4.69) is 29.6 Å². The lowest BCUT2D eigenvalue weighted by molar-refractivity contribution is -0.145. The summed E-state index contributed by atoms with van der Waals surface area (Å²) in [5, 5.41) is 3.17. The van der Waals surface area contributed by atoms with E-state index < -0.39 is 0 Å². The lowest BCUT2D eigenvalue weighted by atomic mass is 9.84. The number of benzene rings is 1. The molecule has 1 amide bonds. The van der Waals surface area contributed by atoms with Crippen LogP contribution in [-0.2, 0) is 14.3 Å². The second-order valence-electron chi connectivity index (χ2n) is 9.96. The highest BCUT2D eigenvalue weighted by molar-refractivity contribution is 5.87. The highest BCUT2D eigenvalue weighted by Crippen LogP contribution is 2.32. The molecule has 4 heteroatoms. The zero-order valence-electron chi connectivity index (χ0n) is 19.5. The zero-order chi connectivity index (χ0) is 22.3. The normalized spacial score (nSPS) is 22.9. The number of nitrogens with one attached hydrogen (secondary N) is 1. The molecule has 0 saturated heterocycles. The Bertz CT molecular complexity index is 751. The van der Waals surface area contributed by atoms with E-state index >= 15 is 0 Å². The predicted molar refractivity (Wildman–Crippen MR) is 126 cm³/mol. The fourth-order valence-electron chi connectivity index (χ4n) is 4.55. The average molecular weight is 426 g/mol. The Morgan fingerprint density at radius 2 is 1.65 bits per heavy atom. The molecular weight excluding hydrogens is 386 g/mol. The monoisotopic (exact) mass is 425 g/mol. The minimum Gasteiger partial charge on any atom is -0.459 e. The Kier molecular flexibility index (Phi) is 8.34. The number of ether oxygens (including phenoxy) is 1. The molecule has 0 atom stereocenters. The van der Waals surface area contributed by atoms with Gasteiger partial charge in [0.15, 0.2) is 0 Å². The number of amides is 1. The molecule has 2 aliphatic rings. The van der Waals surface area contributed by atoms with E-state index in [1.807, 2.05) is 26.8 Å². The Morgan fingerprint density at radius 3 is 2.26 bits per heavy atom. The molecule has 2 fully saturated rings. The maximum Gasteiger partial charge on any atom is 0.331 e. The third kappa shape index (κ3) is 6.95. The van der Waals surface area contributed by atoms with Gasteiger partial charge in [-0.15, -0.1) is 0 Å². The molecule has 0 spiro atoms. The van der Waals surface area contributed by atoms with Crippen LogP contribution in [0.3, 0.4) is 0 Å². The van der Waals surface area contributed by atoms with E-state index in [4.69, 9.17) is 4.74 Å². The molecule has 0 aliphatic heterocycles. The molecule has 0 aromatic heterocycles. The summed E-state index contributed by atoms with van der Waals surface area (Å²) in [6, 6.07) is 8.79. The van der Waals surface area contributed by atoms with Crippen LogP contribution in [0.5, 0.6) is 0 Å². The topological polar surface area (TPSA) is 55.4 Å². The van der Waals surface area contributed by atoms with Crippen molar-refractivity contribution in [1.29, 1.82) is 0 Å². The first-order valence-electron chi connectivity index (χ1n) is 12.2. The molecule has 0 bridgehead atoms. The maximum absolute atomic E-state index is 12.3. The van der Waals surface area contributed by atoms with Crippen molar-refractivity contribution in [3.05, 3.63) is 41.5 Å². The minimum absolute atomic E-state index is 0.0573. The molecule has 2 saturated carbocycles. The standard InChI is InChI=1S/C27H39NO3/c1-4-27(2,3)26(30)28-23-15-17-24(18-16-23)31-25(29)19-12-20-10-13-22(14-11-20)21-8-6-5-7-9-21/h10-14,19,21,23-24H,4-9,15-18H2,1-3H3,(H,28,30)/b19-12+. The van der Waals surface area contributed by atoms with Gasteiger partial charge in [0.1, 0.15) is 6.10 Å². The van der Waals surface area contributed by atoms with Crippen molar-refractivity contribution in [2.24, 2.45) is 5.41 Å². The molecule has 0 unspecified atom stereocenters. The Hall–Kier alpha value is -2.10. The van der Waals surface area contributed by atoms with E-state index in [-0.39, 0.29) is 29.4 Å². The van der Waals surface area contributed by atoms with Crippen LogP contribution in [0.2, 0.25) is 0 Å². The van der Waals surface area contributed by atoms with Gasteiger partial charge in [-0.3, -0.25) is 4.79 Å². The van der Waals surface area contributed by atoms with Crippen molar-refractivity contribution in [3.8, 4) is 0 Å². The van der Waals surface area contributed by atoms with Gasteiger partial charge >= 0.3 is 5.97 Å². The predicted octanol–water partition coefficient (Wildman–Crippen LogP) is 6.15. The van der Waals surface area contributed by atoms with Crippen molar-refractivity contribution >= 4 is 18.0 Å². The van der Waals surface area contributed by atoms with Crippen molar-refractivity contribution in [2.45, 2.75) is 103 Å². The largest absolute Gasteiger partial charge is 0.459 e. The van der Waals surface area contributed by atoms with E-state index in [0.29, 0.717) is 5.92 Å². The van der Waals surface area contributed by atoms with Gasteiger partial charge in [0.05, 0.1) is 0 Å². The first-order chi connectivity index (χ1) is 14.9. The summed E-state index contributed by atoms with van der Waals surface area (Å²) in [5.41, 5.74) is 2.12. The first-order valence-corrected chi connectivity index (χ1v) is 12.2. The molecule has 170 valence electrons. The van der Waals surface area contributed by atoms with Crippen molar-refractivity contribution in [1.82, 2.24) is 5.32 Å². The summed E-state index contributed by atoms with van der Waals surface area (Å²) in [5.74, 6) is 0.536. The fraction of sp³-hybridized carbons (Fsp3) is 0.630. The molecule has 31 heavy (non-hydrogen) atoms. The Labute approximate surface area is 187 Å². The third-order valence-electron chi connectivity index (χ3n) is 7.22. The first kappa shape index (κ1) is 23.6. The molecule has 0 radical (unpaired) electrons. The number of carbonyl (C=O) groups excluding carboxylic acids is 2. The number of rotatable bonds is 7. The average Bonchev–Trinajstić information content (AvgIpc) is 2.80. The second kappa shape index (κ2) is 11.0. The summed E-state index contributed by atoms with van der Waals surface area (Å²) in [6.07, 6.45) is 14.1. The summed E-state index contributed by atoms with van der Waals surface area (Å²) in [4.78, 5) is 24.6. The Balaban J connectivity index is 1.41. The minimum atomic E-state index is -0.331. The van der Waals surface area contributed by atoms with Crippen LogP contribution in [-0.4, -0.2) is 24.0 Å². The van der Waals surface area contributed by atoms with Crippen LogP contribution in [0.25, 0.3) is 6.08 Å². The Morgan fingerprint density at radius 1 is 1.00 bits per heavy atom. The van der Waals surface area contributed by atoms with E-state index in [1.54, 1.807) is 0 Å². The fourth-order valence-corrected chi connectivity index (χ4v) is 4.55. The summed E-state index contributed by atoms with van der Waals surface area (Å²) in [7, 11) is 0. The van der Waals surface area contributed by atoms with Crippen LogP contribution in [0.1, 0.15) is 102 Å². The number of esters is 1. The maximum atomic E-state index is 12.3. The molecule has 0 heterocycles. The van der Waals surface area contributed by atoms with Gasteiger partial charge < -0.3 is 10.1 Å². The van der Waals surface area contributed by atoms with E-state index in [1.165, 1.54) is 43.7 Å². The van der Waals surface area contributed by atoms with Crippen molar-refractivity contribution < 1.29 is 14.3 Å². The molecule has 3 rings (SSSR count). The molecule has 4 nitrogen and oxygen atoms in total. The number of carbonyl (C=O) groups is 2. The third-order valence-corrected chi connectivity index (χ3v) is 7.22. The zero-order valence-corrected chi connectivity index (χ0v) is 19.5. The number of hydrogen-bond acceptors (Lipinski definition) is 3. The smallest absolute Gasteiger partial charge is 0.331 e. The van der Waals surface area contributed by atoms with Gasteiger partial charge in [-0.1, -0.05) is 64.3 Å². The molecular formula is C27H39NO3. The molecule has 1 N–H and O–H groups in total. The van der Waals surface area contributed by atoms with Crippen LogP contribution in [0.4, 0.5) is 0 Å². The summed E-state index contributed by atoms with van der Waals surface area (Å²) >= 11 is 0. The highest BCUT2D eigenvalue weighted by atomic mass is 16.5. The summed E-state index contributed by atoms with van der Waals surface area (Å²) < 4.78 is 5.64. The van der Waals surface area contributed by atoms with Gasteiger partial charge in [0.25, 0.3) is 0 Å². The van der Waals surface area contributed by atoms with Gasteiger partial charge in [-0.2, -0.15) is 0 Å². The molecule has 1 aromatic rings. The van der Waals surface area contributed by atoms with Gasteiger partial charge in [0, 0.05) is 17.5 Å². The van der Waals surface area contributed by atoms with E-state index in [9.17, 15) is 9.59 Å². The lowest BCUT2D eigenvalue weighted by Crippen LogP contribution is -2.45. The van der Waals surface area contributed by atoms with Crippen molar-refractivity contribution in [2.75, 3.05) is 0 Å². The van der Waals surface area contributed by atoms with Gasteiger partial charge in [-0.05, 0) is 68.1 Å². The van der Waals surface area contributed by atoms with Crippen molar-refractivity contribution in [3.63, 3.8) is 0 Å². The van der Waals surface area contributed by atoms with Crippen LogP contribution < -0.4 is 5.32 Å². The highest BCUT2D eigenvalue weighted by Gasteiger charge is 2.30. The summed E-state index contributed by atoms with van der Waals surface area (Å²) in [6.45, 7) is 5.99. The molecule has 1 aromatic carbocycles. The second-order valence-corrected chi connectivity index (χ2v) is 9.96. The van der Waals surface area contributed by atoms with Crippen LogP contribution >= 0.6 is 0 Å². The SMILES string of the molecule is CCC(C)(C)C(=O)NC1CCC(OC(=O)/C=C/c2ccc(C3CCCCC3)cc2)CC1. The van der Waals surface area contributed by atoms with Crippen LogP contribution in [0.15, 0.2) is 30.3 Å². The number of hydrogen-bond donors (Lipinski definition) is 1. The quantitative estimate of drug-likeness (QED) is 0.421. The van der Waals surface area contributed by atoms with Crippen LogP contribution in [0, 0.1) is 5.41 Å². The van der Waals surface area contributed by atoms with Gasteiger partial charge in [-0.25, -0.2) is 4.79 Å². The van der Waals surface area contributed by atoms with Gasteiger partial charge in [0.2, 0.25) is 5.91 Å².